The molecule has 0 fully saturated rings. The third kappa shape index (κ3) is 3.92. The first kappa shape index (κ1) is 20.4. The van der Waals surface area contributed by atoms with Gasteiger partial charge in [-0.05, 0) is 39.2 Å². The van der Waals surface area contributed by atoms with Crippen LogP contribution in [0.2, 0.25) is 0 Å². The molecule has 2 heterocycles. The van der Waals surface area contributed by atoms with Crippen LogP contribution in [0.15, 0.2) is 41.6 Å². The van der Waals surface area contributed by atoms with Crippen LogP contribution in [0.4, 0.5) is 4.79 Å². The van der Waals surface area contributed by atoms with Crippen LogP contribution < -0.4 is 10.2 Å². The van der Waals surface area contributed by atoms with Gasteiger partial charge in [-0.15, -0.1) is 0 Å². The number of nitrogens with one attached hydrogen (secondary N) is 2. The van der Waals surface area contributed by atoms with E-state index in [1.165, 1.54) is 0 Å². The number of quaternary nitrogens is 1. The van der Waals surface area contributed by atoms with Crippen molar-refractivity contribution in [1.82, 2.24) is 15.1 Å². The number of urea groups is 1. The van der Waals surface area contributed by atoms with E-state index in [0.29, 0.717) is 6.54 Å². The summed E-state index contributed by atoms with van der Waals surface area (Å²) in [6, 6.07) is 9.39. The van der Waals surface area contributed by atoms with Gasteiger partial charge in [0.2, 0.25) is 0 Å². The Hall–Kier alpha value is -2.34. The molecule has 0 unspecified atom stereocenters. The lowest BCUT2D eigenvalue weighted by Gasteiger charge is -2.31. The van der Waals surface area contributed by atoms with Gasteiger partial charge >= 0.3 is 6.03 Å². The van der Waals surface area contributed by atoms with Crippen molar-refractivity contribution >= 4 is 11.9 Å². The van der Waals surface area contributed by atoms with E-state index < -0.39 is 0 Å². The number of hydrogen-bond acceptors (Lipinski definition) is 2. The summed E-state index contributed by atoms with van der Waals surface area (Å²) in [5.74, 6) is 0.0541. The number of amides is 3. The van der Waals surface area contributed by atoms with Crippen LogP contribution in [-0.2, 0) is 4.79 Å². The van der Waals surface area contributed by atoms with Crippen molar-refractivity contribution in [2.45, 2.75) is 45.7 Å². The molecule has 0 bridgehead atoms. The van der Waals surface area contributed by atoms with Crippen molar-refractivity contribution in [1.29, 1.82) is 0 Å². The summed E-state index contributed by atoms with van der Waals surface area (Å²) in [5.41, 5.74) is 2.50. The van der Waals surface area contributed by atoms with Gasteiger partial charge in [-0.1, -0.05) is 30.3 Å². The van der Waals surface area contributed by atoms with E-state index in [1.807, 2.05) is 35.2 Å². The smallest absolute Gasteiger partial charge is 0.322 e. The summed E-state index contributed by atoms with van der Waals surface area (Å²) in [6.07, 6.45) is 2.08. The Labute approximate surface area is 168 Å². The highest BCUT2D eigenvalue weighted by atomic mass is 16.2. The maximum Gasteiger partial charge on any atom is 0.322 e. The fourth-order valence-corrected chi connectivity index (χ4v) is 4.25. The van der Waals surface area contributed by atoms with Gasteiger partial charge in [-0.2, -0.15) is 0 Å². The van der Waals surface area contributed by atoms with E-state index in [9.17, 15) is 9.59 Å². The summed E-state index contributed by atoms with van der Waals surface area (Å²) in [7, 11) is 1.75. The Balaban J connectivity index is 1.74. The molecule has 152 valence electrons. The second-order valence-corrected chi connectivity index (χ2v) is 7.84. The third-order valence-corrected chi connectivity index (χ3v) is 6.21. The normalized spacial score (nSPS) is 20.7. The van der Waals surface area contributed by atoms with Crippen LogP contribution in [0.5, 0.6) is 0 Å². The number of rotatable bonds is 8. The van der Waals surface area contributed by atoms with Gasteiger partial charge in [0.1, 0.15) is 0 Å². The van der Waals surface area contributed by atoms with Gasteiger partial charge in [0.25, 0.3) is 5.91 Å². The lowest BCUT2D eigenvalue weighted by Crippen LogP contribution is -3.11. The monoisotopic (exact) mass is 385 g/mol. The van der Waals surface area contributed by atoms with Crippen LogP contribution in [-0.4, -0.2) is 61.0 Å². The predicted molar refractivity (Wildman–Crippen MR) is 110 cm³/mol. The first-order valence-electron chi connectivity index (χ1n) is 10.4. The van der Waals surface area contributed by atoms with Crippen molar-refractivity contribution in [2.24, 2.45) is 0 Å². The zero-order chi connectivity index (χ0) is 20.3. The molecule has 0 saturated carbocycles. The Kier molecular flexibility index (Phi) is 6.39. The largest absolute Gasteiger partial charge is 0.335 e. The van der Waals surface area contributed by atoms with Crippen molar-refractivity contribution in [3.05, 3.63) is 47.2 Å². The standard InChI is InChI=1S/C22H32N4O2/c1-5-25(6-2)14-10-11-16(3)26-15-18-19(21(26)27)20(23-22(28)24(18)4)17-12-8-7-9-13-17/h7-9,12-13,16,20H,5-6,10-11,14-15H2,1-4H3,(H,23,28)/p+1/t16-,20-/m1/s1. The number of benzene rings is 1. The number of hydrogen-bond donors (Lipinski definition) is 2. The van der Waals surface area contributed by atoms with Crippen molar-refractivity contribution < 1.29 is 14.5 Å². The SMILES string of the molecule is CC[NH+](CC)CCC[C@@H](C)N1CC2=C(C1=O)[C@@H](c1ccccc1)NC(=O)N2C. The first-order valence-corrected chi connectivity index (χ1v) is 10.4. The molecule has 0 saturated heterocycles. The topological polar surface area (TPSA) is 57.1 Å². The molecule has 3 amide bonds. The number of nitrogens with zero attached hydrogens (tertiary/aromatic N) is 2. The Morgan fingerprint density at radius 2 is 1.86 bits per heavy atom. The molecule has 0 aromatic heterocycles. The predicted octanol–water partition coefficient (Wildman–Crippen LogP) is 1.57. The molecule has 6 nitrogen and oxygen atoms in total. The van der Waals surface area contributed by atoms with Crippen LogP contribution in [0.25, 0.3) is 0 Å². The molecule has 3 rings (SSSR count). The van der Waals surface area contributed by atoms with Crippen LogP contribution >= 0.6 is 0 Å². The number of carbonyl (C=O) groups excluding carboxylic acids is 2. The molecule has 6 heteroatoms. The molecule has 28 heavy (non-hydrogen) atoms. The highest BCUT2D eigenvalue weighted by Crippen LogP contribution is 2.36. The Morgan fingerprint density at radius 1 is 1.18 bits per heavy atom. The van der Waals surface area contributed by atoms with Gasteiger partial charge in [-0.3, -0.25) is 9.69 Å². The molecule has 2 aliphatic heterocycles. The third-order valence-electron chi connectivity index (χ3n) is 6.21. The highest BCUT2D eigenvalue weighted by molar-refractivity contribution is 6.01. The van der Waals surface area contributed by atoms with E-state index in [-0.39, 0.29) is 24.0 Å². The van der Waals surface area contributed by atoms with Crippen LogP contribution in [0, 0.1) is 0 Å². The quantitative estimate of drug-likeness (QED) is 0.714. The zero-order valence-electron chi connectivity index (χ0n) is 17.5. The van der Waals surface area contributed by atoms with E-state index in [0.717, 1.165) is 49.3 Å². The maximum absolute atomic E-state index is 13.3. The van der Waals surface area contributed by atoms with Gasteiger partial charge in [0, 0.05) is 13.1 Å². The van der Waals surface area contributed by atoms with Crippen molar-refractivity contribution in [3.8, 4) is 0 Å². The molecule has 0 spiro atoms. The van der Waals surface area contributed by atoms with Gasteiger partial charge in [0.15, 0.2) is 0 Å². The molecular formula is C22H33N4O2+. The Morgan fingerprint density at radius 3 is 2.50 bits per heavy atom. The van der Waals surface area contributed by atoms with Crippen LogP contribution in [0.1, 0.15) is 45.2 Å². The molecule has 2 aliphatic rings. The molecule has 2 N–H and O–H groups in total. The van der Waals surface area contributed by atoms with Crippen molar-refractivity contribution in [3.63, 3.8) is 0 Å². The van der Waals surface area contributed by atoms with E-state index in [2.05, 4.69) is 26.1 Å². The average Bonchev–Trinajstić information content (AvgIpc) is 3.06. The van der Waals surface area contributed by atoms with Crippen molar-refractivity contribution in [2.75, 3.05) is 33.2 Å². The van der Waals surface area contributed by atoms with Gasteiger partial charge in [0.05, 0.1) is 43.5 Å². The fraction of sp³-hybridized carbons (Fsp3) is 0.545. The molecular weight excluding hydrogens is 352 g/mol. The zero-order valence-corrected chi connectivity index (χ0v) is 17.5. The van der Waals surface area contributed by atoms with E-state index >= 15 is 0 Å². The first-order chi connectivity index (χ1) is 13.5. The fourth-order valence-electron chi connectivity index (χ4n) is 4.25. The lowest BCUT2D eigenvalue weighted by atomic mass is 9.96. The summed E-state index contributed by atoms with van der Waals surface area (Å²) < 4.78 is 0. The molecule has 0 radical (unpaired) electrons. The molecule has 2 atom stereocenters. The number of carbonyl (C=O) groups is 2. The van der Waals surface area contributed by atoms with E-state index in [4.69, 9.17) is 0 Å². The summed E-state index contributed by atoms with van der Waals surface area (Å²) in [5, 5.41) is 3.00. The second-order valence-electron chi connectivity index (χ2n) is 7.84. The van der Waals surface area contributed by atoms with E-state index in [1.54, 1.807) is 16.8 Å². The highest BCUT2D eigenvalue weighted by Gasteiger charge is 2.43. The minimum atomic E-state index is -0.371. The lowest BCUT2D eigenvalue weighted by molar-refractivity contribution is -0.896. The summed E-state index contributed by atoms with van der Waals surface area (Å²) >= 11 is 0. The van der Waals surface area contributed by atoms with Gasteiger partial charge < -0.3 is 15.1 Å². The Bertz CT molecular complexity index is 742. The summed E-state index contributed by atoms with van der Waals surface area (Å²) in [6.45, 7) is 10.5. The minimum absolute atomic E-state index is 0.0541. The average molecular weight is 386 g/mol. The minimum Gasteiger partial charge on any atom is -0.335 e. The maximum atomic E-state index is 13.3. The summed E-state index contributed by atoms with van der Waals surface area (Å²) in [4.78, 5) is 30.9. The number of likely N-dealkylation sites (N-methyl/N-ethyl adjacent to an activating group) is 1. The molecule has 0 aliphatic carbocycles. The molecule has 1 aromatic carbocycles. The van der Waals surface area contributed by atoms with Gasteiger partial charge in [-0.25, -0.2) is 4.79 Å². The van der Waals surface area contributed by atoms with Crippen LogP contribution in [0.3, 0.4) is 0 Å². The second kappa shape index (κ2) is 8.78. The molecule has 1 aromatic rings.